The Morgan fingerprint density at radius 2 is 2.07 bits per heavy atom. The van der Waals surface area contributed by atoms with E-state index in [1.54, 1.807) is 0 Å². The Kier molecular flexibility index (Phi) is 3.45. The molecule has 0 aliphatic carbocycles. The molecule has 2 bridgehead atoms. The second kappa shape index (κ2) is 4.63. The number of hydrogen-bond acceptors (Lipinski definition) is 2. The van der Waals surface area contributed by atoms with Crippen LogP contribution in [0.4, 0.5) is 0 Å². The SMILES string of the molecule is CCNC(C)CC1CN2CCC1CC2. The number of hydrogen-bond donors (Lipinski definition) is 1. The highest BCUT2D eigenvalue weighted by Crippen LogP contribution is 2.34. The number of rotatable bonds is 4. The molecule has 3 aliphatic heterocycles. The molecule has 0 aromatic heterocycles. The van der Waals surface area contributed by atoms with E-state index >= 15 is 0 Å². The summed E-state index contributed by atoms with van der Waals surface area (Å²) in [4.78, 5) is 2.66. The molecule has 14 heavy (non-hydrogen) atoms. The standard InChI is InChI=1S/C12H24N2/c1-3-13-10(2)8-12-9-14-6-4-11(12)5-7-14/h10-13H,3-9H2,1-2H3. The molecule has 2 unspecified atom stereocenters. The molecule has 0 radical (unpaired) electrons. The van der Waals surface area contributed by atoms with Gasteiger partial charge >= 0.3 is 0 Å². The molecule has 2 nitrogen and oxygen atoms in total. The molecule has 3 rings (SSSR count). The van der Waals surface area contributed by atoms with Gasteiger partial charge in [-0.1, -0.05) is 6.92 Å². The summed E-state index contributed by atoms with van der Waals surface area (Å²) in [5.74, 6) is 2.02. The maximum atomic E-state index is 3.53. The molecule has 2 heteroatoms. The van der Waals surface area contributed by atoms with Crippen molar-refractivity contribution in [3.63, 3.8) is 0 Å². The van der Waals surface area contributed by atoms with Crippen molar-refractivity contribution in [2.24, 2.45) is 11.8 Å². The van der Waals surface area contributed by atoms with Crippen molar-refractivity contribution in [2.75, 3.05) is 26.2 Å². The molecular weight excluding hydrogens is 172 g/mol. The summed E-state index contributed by atoms with van der Waals surface area (Å²) in [5.41, 5.74) is 0. The summed E-state index contributed by atoms with van der Waals surface area (Å²) >= 11 is 0. The summed E-state index contributed by atoms with van der Waals surface area (Å²) in [6.07, 6.45) is 4.31. The monoisotopic (exact) mass is 196 g/mol. The van der Waals surface area contributed by atoms with Crippen LogP contribution in [0, 0.1) is 11.8 Å². The number of nitrogens with one attached hydrogen (secondary N) is 1. The zero-order valence-corrected chi connectivity index (χ0v) is 9.63. The maximum absolute atomic E-state index is 3.53. The number of fused-ring (bicyclic) bond motifs is 3. The van der Waals surface area contributed by atoms with Crippen molar-refractivity contribution in [3.05, 3.63) is 0 Å². The van der Waals surface area contributed by atoms with Crippen molar-refractivity contribution in [2.45, 2.75) is 39.2 Å². The van der Waals surface area contributed by atoms with E-state index in [-0.39, 0.29) is 0 Å². The summed E-state index contributed by atoms with van der Waals surface area (Å²) in [6, 6.07) is 0.713. The van der Waals surface area contributed by atoms with Crippen molar-refractivity contribution in [1.29, 1.82) is 0 Å². The third kappa shape index (κ3) is 2.29. The van der Waals surface area contributed by atoms with Gasteiger partial charge in [0.15, 0.2) is 0 Å². The largest absolute Gasteiger partial charge is 0.315 e. The normalized spacial score (nSPS) is 38.6. The lowest BCUT2D eigenvalue weighted by atomic mass is 9.76. The van der Waals surface area contributed by atoms with Crippen LogP contribution in [0.15, 0.2) is 0 Å². The highest BCUT2D eigenvalue weighted by molar-refractivity contribution is 4.87. The predicted molar refractivity (Wildman–Crippen MR) is 60.4 cm³/mol. The summed E-state index contributed by atoms with van der Waals surface area (Å²) in [5, 5.41) is 3.53. The average molecular weight is 196 g/mol. The van der Waals surface area contributed by atoms with E-state index in [4.69, 9.17) is 0 Å². The third-order valence-corrected chi connectivity index (χ3v) is 4.00. The molecule has 82 valence electrons. The zero-order valence-electron chi connectivity index (χ0n) is 9.63. The number of nitrogens with zero attached hydrogens (tertiary/aromatic N) is 1. The zero-order chi connectivity index (χ0) is 9.97. The Morgan fingerprint density at radius 3 is 2.57 bits per heavy atom. The fourth-order valence-electron chi connectivity index (χ4n) is 3.24. The highest BCUT2D eigenvalue weighted by atomic mass is 15.1. The minimum absolute atomic E-state index is 0.713. The summed E-state index contributed by atoms with van der Waals surface area (Å²) < 4.78 is 0. The van der Waals surface area contributed by atoms with Crippen molar-refractivity contribution in [3.8, 4) is 0 Å². The first-order valence-corrected chi connectivity index (χ1v) is 6.25. The molecule has 3 saturated heterocycles. The van der Waals surface area contributed by atoms with E-state index in [0.29, 0.717) is 6.04 Å². The lowest BCUT2D eigenvalue weighted by Crippen LogP contribution is -2.48. The van der Waals surface area contributed by atoms with Crippen LogP contribution in [0.2, 0.25) is 0 Å². The van der Waals surface area contributed by atoms with Gasteiger partial charge in [-0.2, -0.15) is 0 Å². The highest BCUT2D eigenvalue weighted by Gasteiger charge is 2.34. The Balaban J connectivity index is 1.80. The minimum Gasteiger partial charge on any atom is -0.315 e. The van der Waals surface area contributed by atoms with E-state index in [9.17, 15) is 0 Å². The first-order valence-electron chi connectivity index (χ1n) is 6.25. The Hall–Kier alpha value is -0.0800. The van der Waals surface area contributed by atoms with E-state index < -0.39 is 0 Å². The molecule has 3 fully saturated rings. The third-order valence-electron chi connectivity index (χ3n) is 4.00. The summed E-state index contributed by atoms with van der Waals surface area (Å²) in [7, 11) is 0. The molecule has 0 aromatic carbocycles. The molecule has 1 N–H and O–H groups in total. The fourth-order valence-corrected chi connectivity index (χ4v) is 3.24. The van der Waals surface area contributed by atoms with Crippen LogP contribution >= 0.6 is 0 Å². The molecule has 0 spiro atoms. The smallest absolute Gasteiger partial charge is 0.00418 e. The molecular formula is C12H24N2. The average Bonchev–Trinajstić information content (AvgIpc) is 2.19. The van der Waals surface area contributed by atoms with Crippen LogP contribution in [-0.2, 0) is 0 Å². The maximum Gasteiger partial charge on any atom is 0.00418 e. The molecule has 3 aliphatic rings. The van der Waals surface area contributed by atoms with E-state index in [2.05, 4.69) is 24.1 Å². The quantitative estimate of drug-likeness (QED) is 0.736. The van der Waals surface area contributed by atoms with Gasteiger partial charge in [0, 0.05) is 12.6 Å². The first kappa shape index (κ1) is 10.4. The second-order valence-electron chi connectivity index (χ2n) is 5.09. The Morgan fingerprint density at radius 1 is 1.36 bits per heavy atom. The molecule has 2 atom stereocenters. The lowest BCUT2D eigenvalue weighted by molar-refractivity contribution is 0.0424. The van der Waals surface area contributed by atoms with Gasteiger partial charge in [0.05, 0.1) is 0 Å². The van der Waals surface area contributed by atoms with Crippen LogP contribution in [0.3, 0.4) is 0 Å². The second-order valence-corrected chi connectivity index (χ2v) is 5.09. The number of piperidine rings is 3. The Bertz CT molecular complexity index is 173. The molecule has 3 heterocycles. The van der Waals surface area contributed by atoms with Gasteiger partial charge in [-0.15, -0.1) is 0 Å². The Labute approximate surface area is 88.1 Å². The van der Waals surface area contributed by atoms with Gasteiger partial charge in [-0.05, 0) is 57.7 Å². The van der Waals surface area contributed by atoms with Crippen LogP contribution in [0.5, 0.6) is 0 Å². The topological polar surface area (TPSA) is 15.3 Å². The van der Waals surface area contributed by atoms with Gasteiger partial charge in [0.2, 0.25) is 0 Å². The van der Waals surface area contributed by atoms with Crippen LogP contribution in [0.25, 0.3) is 0 Å². The van der Waals surface area contributed by atoms with Gasteiger partial charge in [0.1, 0.15) is 0 Å². The van der Waals surface area contributed by atoms with Gasteiger partial charge in [0.25, 0.3) is 0 Å². The predicted octanol–water partition coefficient (Wildman–Crippen LogP) is 1.72. The molecule has 0 amide bonds. The van der Waals surface area contributed by atoms with Crippen LogP contribution < -0.4 is 5.32 Å². The van der Waals surface area contributed by atoms with Gasteiger partial charge in [-0.3, -0.25) is 0 Å². The first-order chi connectivity index (χ1) is 6.79. The van der Waals surface area contributed by atoms with E-state index in [0.717, 1.165) is 18.4 Å². The van der Waals surface area contributed by atoms with Gasteiger partial charge < -0.3 is 10.2 Å². The van der Waals surface area contributed by atoms with Crippen molar-refractivity contribution < 1.29 is 0 Å². The van der Waals surface area contributed by atoms with Crippen LogP contribution in [0.1, 0.15) is 33.1 Å². The van der Waals surface area contributed by atoms with E-state index in [1.807, 2.05) is 0 Å². The molecule has 0 saturated carbocycles. The summed E-state index contributed by atoms with van der Waals surface area (Å²) in [6.45, 7) is 9.77. The van der Waals surface area contributed by atoms with Gasteiger partial charge in [-0.25, -0.2) is 0 Å². The van der Waals surface area contributed by atoms with E-state index in [1.165, 1.54) is 38.9 Å². The van der Waals surface area contributed by atoms with Crippen molar-refractivity contribution >= 4 is 0 Å². The van der Waals surface area contributed by atoms with Crippen LogP contribution in [-0.4, -0.2) is 37.1 Å². The molecule has 0 aromatic rings. The van der Waals surface area contributed by atoms with Crippen molar-refractivity contribution in [1.82, 2.24) is 10.2 Å². The lowest BCUT2D eigenvalue weighted by Gasteiger charge is -2.45. The minimum atomic E-state index is 0.713. The fraction of sp³-hybridized carbons (Fsp3) is 1.00.